The predicted octanol–water partition coefficient (Wildman–Crippen LogP) is 6.05. The third-order valence-electron chi connectivity index (χ3n) is 4.50. The number of thiophene rings is 1. The number of benzene rings is 1. The van der Waals surface area contributed by atoms with E-state index in [0.717, 1.165) is 26.8 Å². The summed E-state index contributed by atoms with van der Waals surface area (Å²) in [6.45, 7) is 8.59. The van der Waals surface area contributed by atoms with E-state index in [4.69, 9.17) is 0 Å². The second-order valence-electron chi connectivity index (χ2n) is 7.49. The maximum Gasteiger partial charge on any atom is 0.236 e. The minimum absolute atomic E-state index is 0.100. The Labute approximate surface area is 187 Å². The van der Waals surface area contributed by atoms with Crippen molar-refractivity contribution in [1.82, 2.24) is 19.7 Å². The molecule has 1 aromatic carbocycles. The van der Waals surface area contributed by atoms with Gasteiger partial charge in [-0.25, -0.2) is 4.98 Å². The van der Waals surface area contributed by atoms with Gasteiger partial charge in [-0.2, -0.15) is 0 Å². The Kier molecular flexibility index (Phi) is 6.21. The Morgan fingerprint density at radius 3 is 2.70 bits per heavy atom. The monoisotopic (exact) mass is 457 g/mol. The van der Waals surface area contributed by atoms with E-state index in [1.807, 2.05) is 24.3 Å². The van der Waals surface area contributed by atoms with E-state index >= 15 is 0 Å². The van der Waals surface area contributed by atoms with Crippen LogP contribution in [-0.4, -0.2) is 31.4 Å². The molecule has 0 bridgehead atoms. The van der Waals surface area contributed by atoms with Gasteiger partial charge in [0.25, 0.3) is 0 Å². The van der Waals surface area contributed by atoms with Crippen LogP contribution >= 0.6 is 34.4 Å². The summed E-state index contributed by atoms with van der Waals surface area (Å²) in [5.74, 6) is 1.49. The summed E-state index contributed by atoms with van der Waals surface area (Å²) in [5.41, 5.74) is 1.97. The zero-order valence-corrected chi connectivity index (χ0v) is 19.7. The van der Waals surface area contributed by atoms with Gasteiger partial charge in [0, 0.05) is 21.9 Å². The Morgan fingerprint density at radius 2 is 2.00 bits per heavy atom. The van der Waals surface area contributed by atoms with Crippen LogP contribution in [-0.2, 0) is 4.79 Å². The van der Waals surface area contributed by atoms with E-state index in [2.05, 4.69) is 64.2 Å². The fourth-order valence-corrected chi connectivity index (χ4v) is 5.67. The molecule has 1 amide bonds. The molecule has 1 N–H and O–H groups in total. The molecule has 0 fully saturated rings. The van der Waals surface area contributed by atoms with Gasteiger partial charge >= 0.3 is 0 Å². The van der Waals surface area contributed by atoms with Crippen LogP contribution in [0.4, 0.5) is 5.13 Å². The van der Waals surface area contributed by atoms with Gasteiger partial charge in [-0.1, -0.05) is 49.1 Å². The van der Waals surface area contributed by atoms with E-state index in [1.54, 1.807) is 11.3 Å². The minimum Gasteiger partial charge on any atom is -0.301 e. The van der Waals surface area contributed by atoms with Crippen molar-refractivity contribution >= 4 is 55.7 Å². The SMILES string of the molecule is CC(C)c1cc(-c2nnc(SCC(=O)Nc3nc4ccccc4s3)n2C(C)C)cs1. The number of para-hydroxylation sites is 1. The average Bonchev–Trinajstić information content (AvgIpc) is 3.42. The standard InChI is InChI=1S/C21H23N5OS3/c1-12(2)17-9-14(10-28-17)19-24-25-21(26(19)13(3)4)29-11-18(27)23-20-22-15-7-5-6-8-16(15)30-20/h5-10,12-13H,11H2,1-4H3,(H,22,23,27). The second kappa shape index (κ2) is 8.87. The van der Waals surface area contributed by atoms with Crippen molar-refractivity contribution in [3.8, 4) is 11.4 Å². The van der Waals surface area contributed by atoms with Crippen LogP contribution in [0.1, 0.15) is 44.5 Å². The van der Waals surface area contributed by atoms with Crippen LogP contribution in [0.15, 0.2) is 40.9 Å². The Morgan fingerprint density at radius 1 is 1.20 bits per heavy atom. The molecule has 0 aliphatic rings. The molecule has 0 unspecified atom stereocenters. The van der Waals surface area contributed by atoms with Crippen LogP contribution in [0.5, 0.6) is 0 Å². The van der Waals surface area contributed by atoms with E-state index in [-0.39, 0.29) is 17.7 Å². The van der Waals surface area contributed by atoms with Crippen LogP contribution in [0.2, 0.25) is 0 Å². The number of fused-ring (bicyclic) bond motifs is 1. The maximum absolute atomic E-state index is 12.5. The highest BCUT2D eigenvalue weighted by molar-refractivity contribution is 7.99. The highest BCUT2D eigenvalue weighted by Crippen LogP contribution is 2.33. The zero-order chi connectivity index (χ0) is 21.3. The number of thiazole rings is 1. The molecule has 0 radical (unpaired) electrons. The molecule has 30 heavy (non-hydrogen) atoms. The van der Waals surface area contributed by atoms with Crippen LogP contribution < -0.4 is 5.32 Å². The summed E-state index contributed by atoms with van der Waals surface area (Å²) in [5, 5.41) is 15.2. The van der Waals surface area contributed by atoms with Crippen molar-refractivity contribution in [3.05, 3.63) is 40.6 Å². The molecule has 0 aliphatic heterocycles. The summed E-state index contributed by atoms with van der Waals surface area (Å²) in [6.07, 6.45) is 0. The first-order valence-electron chi connectivity index (χ1n) is 9.74. The summed E-state index contributed by atoms with van der Waals surface area (Å²) in [6, 6.07) is 10.2. The van der Waals surface area contributed by atoms with Gasteiger partial charge in [0.2, 0.25) is 5.91 Å². The third-order valence-corrected chi connectivity index (χ3v) is 7.63. The molecule has 0 atom stereocenters. The number of hydrogen-bond acceptors (Lipinski definition) is 7. The topological polar surface area (TPSA) is 72.7 Å². The molecule has 3 aromatic heterocycles. The molecule has 4 aromatic rings. The number of anilines is 1. The number of rotatable bonds is 7. The number of carbonyl (C=O) groups excluding carboxylic acids is 1. The van der Waals surface area contributed by atoms with Crippen molar-refractivity contribution in [1.29, 1.82) is 0 Å². The number of nitrogens with zero attached hydrogens (tertiary/aromatic N) is 4. The molecule has 156 valence electrons. The minimum atomic E-state index is -0.100. The molecule has 0 saturated heterocycles. The first kappa shape index (κ1) is 21.0. The zero-order valence-electron chi connectivity index (χ0n) is 17.2. The molecule has 3 heterocycles. The van der Waals surface area contributed by atoms with E-state index < -0.39 is 0 Å². The van der Waals surface area contributed by atoms with Gasteiger partial charge in [-0.3, -0.25) is 9.36 Å². The van der Waals surface area contributed by atoms with Crippen molar-refractivity contribution in [2.45, 2.75) is 44.8 Å². The lowest BCUT2D eigenvalue weighted by molar-refractivity contribution is -0.113. The normalized spacial score (nSPS) is 11.7. The molecule has 9 heteroatoms. The van der Waals surface area contributed by atoms with Crippen molar-refractivity contribution in [3.63, 3.8) is 0 Å². The number of hydrogen-bond donors (Lipinski definition) is 1. The Balaban J connectivity index is 1.47. The summed E-state index contributed by atoms with van der Waals surface area (Å²) >= 11 is 4.62. The van der Waals surface area contributed by atoms with Gasteiger partial charge < -0.3 is 5.32 Å². The van der Waals surface area contributed by atoms with E-state index in [0.29, 0.717) is 11.0 Å². The quantitative estimate of drug-likeness (QED) is 0.342. The number of nitrogens with one attached hydrogen (secondary N) is 1. The van der Waals surface area contributed by atoms with Crippen molar-refractivity contribution < 1.29 is 4.79 Å². The Bertz CT molecular complexity index is 1140. The second-order valence-corrected chi connectivity index (χ2v) is 10.4. The molecule has 4 rings (SSSR count). The molecule has 0 aliphatic carbocycles. The lowest BCUT2D eigenvalue weighted by Gasteiger charge is -2.13. The lowest BCUT2D eigenvalue weighted by atomic mass is 10.1. The smallest absolute Gasteiger partial charge is 0.236 e. The van der Waals surface area contributed by atoms with Gasteiger partial charge in [0.1, 0.15) is 0 Å². The van der Waals surface area contributed by atoms with Gasteiger partial charge in [0.15, 0.2) is 16.1 Å². The van der Waals surface area contributed by atoms with E-state index in [1.165, 1.54) is 28.0 Å². The average molecular weight is 458 g/mol. The largest absolute Gasteiger partial charge is 0.301 e. The molecule has 0 spiro atoms. The van der Waals surface area contributed by atoms with E-state index in [9.17, 15) is 4.79 Å². The van der Waals surface area contributed by atoms with Crippen molar-refractivity contribution in [2.75, 3.05) is 11.1 Å². The molecule has 6 nitrogen and oxygen atoms in total. The summed E-state index contributed by atoms with van der Waals surface area (Å²) < 4.78 is 3.16. The Hall–Kier alpha value is -2.23. The maximum atomic E-state index is 12.5. The number of thioether (sulfide) groups is 1. The summed E-state index contributed by atoms with van der Waals surface area (Å²) in [7, 11) is 0. The highest BCUT2D eigenvalue weighted by atomic mass is 32.2. The number of aromatic nitrogens is 4. The molecular weight excluding hydrogens is 434 g/mol. The summed E-state index contributed by atoms with van der Waals surface area (Å²) in [4.78, 5) is 18.3. The predicted molar refractivity (Wildman–Crippen MR) is 127 cm³/mol. The van der Waals surface area contributed by atoms with Gasteiger partial charge in [-0.05, 0) is 38.0 Å². The van der Waals surface area contributed by atoms with Gasteiger partial charge in [0.05, 0.1) is 16.0 Å². The number of carbonyl (C=O) groups is 1. The molecular formula is C21H23N5OS3. The highest BCUT2D eigenvalue weighted by Gasteiger charge is 2.19. The third kappa shape index (κ3) is 4.43. The van der Waals surface area contributed by atoms with Crippen LogP contribution in [0.3, 0.4) is 0 Å². The first-order valence-corrected chi connectivity index (χ1v) is 12.4. The fraction of sp³-hybridized carbons (Fsp3) is 0.333. The van der Waals surface area contributed by atoms with Crippen LogP contribution in [0.25, 0.3) is 21.6 Å². The first-order chi connectivity index (χ1) is 14.4. The molecule has 0 saturated carbocycles. The van der Waals surface area contributed by atoms with Crippen LogP contribution in [0, 0.1) is 0 Å². The lowest BCUT2D eigenvalue weighted by Crippen LogP contribution is -2.14. The fourth-order valence-electron chi connectivity index (χ4n) is 3.02. The number of amides is 1. The van der Waals surface area contributed by atoms with Gasteiger partial charge in [-0.15, -0.1) is 21.5 Å². The van der Waals surface area contributed by atoms with Crippen molar-refractivity contribution in [2.24, 2.45) is 0 Å².